The summed E-state index contributed by atoms with van der Waals surface area (Å²) in [6.45, 7) is 7.20. The molecule has 4 rings (SSSR count). The highest BCUT2D eigenvalue weighted by Crippen LogP contribution is 2.21. The number of nitrogens with zero attached hydrogens (tertiary/aromatic N) is 4. The molecule has 0 N–H and O–H groups in total. The Morgan fingerprint density at radius 1 is 0.882 bits per heavy atom. The number of benzene rings is 2. The fourth-order valence-corrected chi connectivity index (χ4v) is 5.93. The SMILES string of the molecule is Cc1cccc(CN2CCN(C(=O)CN3CCN(S(=O)(=O)c4ccc(F)cc4F)CC3)CC2)c1. The molecule has 2 aliphatic heterocycles. The highest BCUT2D eigenvalue weighted by molar-refractivity contribution is 7.89. The first-order valence-corrected chi connectivity index (χ1v) is 12.9. The molecular weight excluding hydrogens is 462 g/mol. The molecule has 0 spiro atoms. The highest BCUT2D eigenvalue weighted by atomic mass is 32.2. The Bertz CT molecular complexity index is 1130. The number of amides is 1. The number of carbonyl (C=O) groups excluding carboxylic acids is 1. The molecule has 2 aliphatic rings. The Labute approximate surface area is 199 Å². The monoisotopic (exact) mass is 492 g/mol. The van der Waals surface area contributed by atoms with Crippen molar-refractivity contribution in [3.63, 3.8) is 0 Å². The molecule has 0 atom stereocenters. The fourth-order valence-electron chi connectivity index (χ4n) is 4.47. The van der Waals surface area contributed by atoms with Gasteiger partial charge in [0.2, 0.25) is 15.9 Å². The zero-order valence-corrected chi connectivity index (χ0v) is 20.1. The van der Waals surface area contributed by atoms with Gasteiger partial charge in [-0.15, -0.1) is 0 Å². The number of hydrogen-bond donors (Lipinski definition) is 0. The van der Waals surface area contributed by atoms with Gasteiger partial charge in [0.25, 0.3) is 0 Å². The van der Waals surface area contributed by atoms with Crippen molar-refractivity contribution < 1.29 is 22.0 Å². The number of aryl methyl sites for hydroxylation is 1. The lowest BCUT2D eigenvalue weighted by molar-refractivity contribution is -0.134. The quantitative estimate of drug-likeness (QED) is 0.617. The van der Waals surface area contributed by atoms with E-state index in [2.05, 4.69) is 36.1 Å². The smallest absolute Gasteiger partial charge is 0.246 e. The molecule has 0 radical (unpaired) electrons. The molecule has 0 bridgehead atoms. The fraction of sp³-hybridized carbons (Fsp3) is 0.458. The van der Waals surface area contributed by atoms with E-state index in [1.165, 1.54) is 15.4 Å². The van der Waals surface area contributed by atoms with E-state index in [1.807, 2.05) is 9.80 Å². The number of sulfonamides is 1. The normalized spacial score (nSPS) is 18.9. The lowest BCUT2D eigenvalue weighted by atomic mass is 10.1. The molecule has 184 valence electrons. The summed E-state index contributed by atoms with van der Waals surface area (Å²) in [5, 5.41) is 0. The minimum absolute atomic E-state index is 0.0380. The van der Waals surface area contributed by atoms with E-state index >= 15 is 0 Å². The summed E-state index contributed by atoms with van der Waals surface area (Å²) < 4.78 is 53.8. The Kier molecular flexibility index (Phi) is 7.61. The largest absolute Gasteiger partial charge is 0.339 e. The van der Waals surface area contributed by atoms with Crippen LogP contribution in [0.3, 0.4) is 0 Å². The molecule has 7 nitrogen and oxygen atoms in total. The molecule has 1 amide bonds. The maximum absolute atomic E-state index is 14.0. The van der Waals surface area contributed by atoms with E-state index in [1.54, 1.807) is 0 Å². The molecule has 0 aliphatic carbocycles. The van der Waals surface area contributed by atoms with Crippen molar-refractivity contribution in [3.8, 4) is 0 Å². The molecule has 0 saturated carbocycles. The Morgan fingerprint density at radius 3 is 2.21 bits per heavy atom. The van der Waals surface area contributed by atoms with Crippen LogP contribution >= 0.6 is 0 Å². The molecule has 2 heterocycles. The van der Waals surface area contributed by atoms with Crippen LogP contribution in [0.15, 0.2) is 47.4 Å². The van der Waals surface area contributed by atoms with Crippen molar-refractivity contribution in [2.75, 3.05) is 58.9 Å². The highest BCUT2D eigenvalue weighted by Gasteiger charge is 2.32. The van der Waals surface area contributed by atoms with Gasteiger partial charge in [0.1, 0.15) is 16.5 Å². The van der Waals surface area contributed by atoms with Gasteiger partial charge >= 0.3 is 0 Å². The second-order valence-electron chi connectivity index (χ2n) is 8.90. The van der Waals surface area contributed by atoms with E-state index < -0.39 is 26.6 Å². The van der Waals surface area contributed by atoms with Crippen molar-refractivity contribution in [2.24, 2.45) is 0 Å². The summed E-state index contributed by atoms with van der Waals surface area (Å²) in [6.07, 6.45) is 0. The Morgan fingerprint density at radius 2 is 1.56 bits per heavy atom. The van der Waals surface area contributed by atoms with Crippen LogP contribution in [0.5, 0.6) is 0 Å². The van der Waals surface area contributed by atoms with Crippen LogP contribution in [0, 0.1) is 18.6 Å². The predicted molar refractivity (Wildman–Crippen MR) is 125 cm³/mol. The van der Waals surface area contributed by atoms with E-state index in [0.717, 1.165) is 31.8 Å². The van der Waals surface area contributed by atoms with Crippen molar-refractivity contribution >= 4 is 15.9 Å². The minimum Gasteiger partial charge on any atom is -0.339 e. The second kappa shape index (κ2) is 10.5. The molecule has 0 aromatic heterocycles. The van der Waals surface area contributed by atoms with E-state index in [0.29, 0.717) is 32.2 Å². The average molecular weight is 493 g/mol. The third-order valence-electron chi connectivity index (χ3n) is 6.42. The summed E-state index contributed by atoms with van der Waals surface area (Å²) in [5.41, 5.74) is 2.51. The van der Waals surface area contributed by atoms with Gasteiger partial charge in [-0.05, 0) is 24.6 Å². The third-order valence-corrected chi connectivity index (χ3v) is 8.35. The van der Waals surface area contributed by atoms with Crippen molar-refractivity contribution in [1.82, 2.24) is 19.0 Å². The van der Waals surface area contributed by atoms with Gasteiger partial charge in [-0.2, -0.15) is 4.31 Å². The predicted octanol–water partition coefficient (Wildman–Crippen LogP) is 1.92. The average Bonchev–Trinajstić information content (AvgIpc) is 2.80. The summed E-state index contributed by atoms with van der Waals surface area (Å²) >= 11 is 0. The van der Waals surface area contributed by atoms with Gasteiger partial charge in [0.05, 0.1) is 6.54 Å². The number of rotatable bonds is 6. The van der Waals surface area contributed by atoms with Gasteiger partial charge in [0.15, 0.2) is 0 Å². The van der Waals surface area contributed by atoms with Crippen LogP contribution in [0.1, 0.15) is 11.1 Å². The van der Waals surface area contributed by atoms with Crippen molar-refractivity contribution in [1.29, 1.82) is 0 Å². The maximum Gasteiger partial charge on any atom is 0.246 e. The van der Waals surface area contributed by atoms with Crippen LogP contribution < -0.4 is 0 Å². The maximum atomic E-state index is 14.0. The van der Waals surface area contributed by atoms with E-state index in [-0.39, 0.29) is 25.5 Å². The van der Waals surface area contributed by atoms with Crippen molar-refractivity contribution in [3.05, 3.63) is 65.2 Å². The number of piperazine rings is 2. The molecule has 10 heteroatoms. The zero-order chi connectivity index (χ0) is 24.3. The molecule has 2 aromatic rings. The third kappa shape index (κ3) is 5.80. The zero-order valence-electron chi connectivity index (χ0n) is 19.3. The summed E-state index contributed by atoms with van der Waals surface area (Å²) in [6, 6.07) is 10.9. The van der Waals surface area contributed by atoms with Crippen LogP contribution in [0.2, 0.25) is 0 Å². The lowest BCUT2D eigenvalue weighted by Crippen LogP contribution is -2.54. The number of carbonyl (C=O) groups is 1. The van der Waals surface area contributed by atoms with Gasteiger partial charge in [-0.3, -0.25) is 14.6 Å². The molecule has 2 aromatic carbocycles. The Balaban J connectivity index is 1.24. The van der Waals surface area contributed by atoms with Crippen LogP contribution in [-0.4, -0.2) is 92.2 Å². The number of hydrogen-bond acceptors (Lipinski definition) is 5. The van der Waals surface area contributed by atoms with E-state index in [4.69, 9.17) is 0 Å². The molecular formula is C24H30F2N4O3S. The van der Waals surface area contributed by atoms with Gasteiger partial charge in [-0.1, -0.05) is 29.8 Å². The molecule has 2 saturated heterocycles. The second-order valence-corrected chi connectivity index (χ2v) is 10.8. The van der Waals surface area contributed by atoms with Gasteiger partial charge < -0.3 is 4.90 Å². The standard InChI is InChI=1S/C24H30F2N4O3S/c1-19-3-2-4-20(15-19)17-27-7-11-29(12-8-27)24(31)18-28-9-13-30(14-10-28)34(32,33)23-6-5-21(25)16-22(23)26/h2-6,15-16H,7-14,17-18H2,1H3. The lowest BCUT2D eigenvalue weighted by Gasteiger charge is -2.37. The molecule has 2 fully saturated rings. The summed E-state index contributed by atoms with van der Waals surface area (Å²) in [5.74, 6) is -1.88. The van der Waals surface area contributed by atoms with Gasteiger partial charge in [-0.25, -0.2) is 17.2 Å². The first kappa shape index (κ1) is 24.7. The van der Waals surface area contributed by atoms with Crippen LogP contribution in [-0.2, 0) is 21.4 Å². The Hall–Kier alpha value is -2.40. The first-order chi connectivity index (χ1) is 16.2. The summed E-state index contributed by atoms with van der Waals surface area (Å²) in [4.78, 5) is 18.4. The summed E-state index contributed by atoms with van der Waals surface area (Å²) in [7, 11) is -4.05. The van der Waals surface area contributed by atoms with Crippen LogP contribution in [0.25, 0.3) is 0 Å². The topological polar surface area (TPSA) is 64.2 Å². The van der Waals surface area contributed by atoms with Crippen LogP contribution in [0.4, 0.5) is 8.78 Å². The van der Waals surface area contributed by atoms with Gasteiger partial charge in [0, 0.05) is 65.0 Å². The van der Waals surface area contributed by atoms with Crippen molar-refractivity contribution in [2.45, 2.75) is 18.4 Å². The molecule has 34 heavy (non-hydrogen) atoms. The first-order valence-electron chi connectivity index (χ1n) is 11.5. The van der Waals surface area contributed by atoms with E-state index in [9.17, 15) is 22.0 Å². The molecule has 0 unspecified atom stereocenters. The minimum atomic E-state index is -4.05. The number of halogens is 2.